The molecule has 1 atom stereocenters. The average Bonchev–Trinajstić information content (AvgIpc) is 3.30. The van der Waals surface area contributed by atoms with E-state index in [1.54, 1.807) is 12.3 Å². The topological polar surface area (TPSA) is 133 Å². The van der Waals surface area contributed by atoms with Gasteiger partial charge in [0.2, 0.25) is 0 Å². The minimum atomic E-state index is -0.680. The van der Waals surface area contributed by atoms with Gasteiger partial charge in [-0.2, -0.15) is 0 Å². The lowest BCUT2D eigenvalue weighted by Crippen LogP contribution is -2.36. The van der Waals surface area contributed by atoms with Gasteiger partial charge in [-0.3, -0.25) is 9.59 Å². The number of carbonyl (C=O) groups excluding carboxylic acids is 1. The highest BCUT2D eigenvalue weighted by Crippen LogP contribution is 2.59. The SMILES string of the molecule is O=C(Nc1ccc(N2CCC3(CC2)CC3C(=O)O)nc1)c1nnc(Nc2ccccc2)o1. The fourth-order valence-electron chi connectivity index (χ4n) is 4.27. The Bertz CT molecular complexity index is 1120. The van der Waals surface area contributed by atoms with Crippen molar-refractivity contribution < 1.29 is 19.1 Å². The maximum atomic E-state index is 12.4. The van der Waals surface area contributed by atoms with Gasteiger partial charge >= 0.3 is 23.8 Å². The number of para-hydroxylation sites is 1. The van der Waals surface area contributed by atoms with E-state index in [0.29, 0.717) is 5.69 Å². The summed E-state index contributed by atoms with van der Waals surface area (Å²) in [7, 11) is 0. The molecule has 1 aliphatic heterocycles. The Morgan fingerprint density at radius 3 is 2.50 bits per heavy atom. The molecule has 0 radical (unpaired) electrons. The van der Waals surface area contributed by atoms with Gasteiger partial charge in [0.1, 0.15) is 5.82 Å². The standard InChI is InChI=1S/C22H22N6O4/c29-18(19-26-27-21(32-19)25-14-4-2-1-3-5-14)24-15-6-7-17(23-13-15)28-10-8-22(9-11-28)12-16(22)20(30)31/h1-7,13,16H,8-12H2,(H,24,29)(H,25,27)(H,30,31). The molecule has 3 aromatic rings. The molecule has 3 N–H and O–H groups in total. The highest BCUT2D eigenvalue weighted by molar-refractivity contribution is 6.00. The molecule has 2 aliphatic rings. The van der Waals surface area contributed by atoms with Gasteiger partial charge in [-0.05, 0) is 48.9 Å². The summed E-state index contributed by atoms with van der Waals surface area (Å²) in [5.74, 6) is -0.755. The van der Waals surface area contributed by atoms with Crippen molar-refractivity contribution in [2.75, 3.05) is 28.6 Å². The van der Waals surface area contributed by atoms with Crippen LogP contribution >= 0.6 is 0 Å². The average molecular weight is 434 g/mol. The lowest BCUT2D eigenvalue weighted by atomic mass is 9.91. The van der Waals surface area contributed by atoms with E-state index in [4.69, 9.17) is 4.42 Å². The molecular weight excluding hydrogens is 412 g/mol. The van der Waals surface area contributed by atoms with Crippen LogP contribution in [-0.4, -0.2) is 45.3 Å². The molecule has 32 heavy (non-hydrogen) atoms. The number of carboxylic acid groups (broad SMARTS) is 1. The smallest absolute Gasteiger partial charge is 0.320 e. The minimum Gasteiger partial charge on any atom is -0.481 e. The van der Waals surface area contributed by atoms with Crippen molar-refractivity contribution in [1.82, 2.24) is 15.2 Å². The summed E-state index contributed by atoms with van der Waals surface area (Å²) in [6, 6.07) is 13.0. The largest absolute Gasteiger partial charge is 0.481 e. The number of carboxylic acids is 1. The molecule has 164 valence electrons. The van der Waals surface area contributed by atoms with Crippen LogP contribution in [0.15, 0.2) is 53.1 Å². The number of amides is 1. The molecule has 2 aromatic heterocycles. The minimum absolute atomic E-state index is 0.0193. The quantitative estimate of drug-likeness (QED) is 0.535. The molecule has 1 spiro atoms. The molecule has 1 unspecified atom stereocenters. The normalized spacial score (nSPS) is 18.9. The molecule has 1 saturated heterocycles. The van der Waals surface area contributed by atoms with Gasteiger partial charge in [0.15, 0.2) is 0 Å². The summed E-state index contributed by atoms with van der Waals surface area (Å²) in [6.45, 7) is 1.56. The van der Waals surface area contributed by atoms with Gasteiger partial charge < -0.3 is 25.1 Å². The Kier molecular flexibility index (Phi) is 4.96. The van der Waals surface area contributed by atoms with Crippen LogP contribution in [0.1, 0.15) is 29.9 Å². The number of carbonyl (C=O) groups is 2. The van der Waals surface area contributed by atoms with Crippen molar-refractivity contribution in [1.29, 1.82) is 0 Å². The number of anilines is 4. The third kappa shape index (κ3) is 3.98. The Morgan fingerprint density at radius 2 is 1.84 bits per heavy atom. The first-order valence-electron chi connectivity index (χ1n) is 10.4. The second-order valence-corrected chi connectivity index (χ2v) is 8.21. The van der Waals surface area contributed by atoms with Gasteiger partial charge in [0.25, 0.3) is 0 Å². The Morgan fingerprint density at radius 1 is 1.06 bits per heavy atom. The summed E-state index contributed by atoms with van der Waals surface area (Å²) in [4.78, 5) is 30.2. The number of pyridine rings is 1. The number of aliphatic carboxylic acids is 1. The van der Waals surface area contributed by atoms with E-state index >= 15 is 0 Å². The van der Waals surface area contributed by atoms with Gasteiger partial charge in [0.05, 0.1) is 17.8 Å². The Labute approximate surface area is 183 Å². The summed E-state index contributed by atoms with van der Waals surface area (Å²) in [5.41, 5.74) is 1.26. The van der Waals surface area contributed by atoms with E-state index in [2.05, 4.69) is 30.7 Å². The molecule has 3 heterocycles. The number of hydrogen-bond acceptors (Lipinski definition) is 8. The van der Waals surface area contributed by atoms with Crippen molar-refractivity contribution in [2.45, 2.75) is 19.3 Å². The second kappa shape index (κ2) is 7.95. The fraction of sp³-hybridized carbons (Fsp3) is 0.318. The first kappa shape index (κ1) is 20.0. The summed E-state index contributed by atoms with van der Waals surface area (Å²) >= 11 is 0. The van der Waals surface area contributed by atoms with Crippen LogP contribution in [0.3, 0.4) is 0 Å². The Hall–Kier alpha value is -3.95. The zero-order valence-electron chi connectivity index (χ0n) is 17.2. The summed E-state index contributed by atoms with van der Waals surface area (Å²) < 4.78 is 5.38. The van der Waals surface area contributed by atoms with Gasteiger partial charge in [0, 0.05) is 18.8 Å². The molecule has 0 bridgehead atoms. The van der Waals surface area contributed by atoms with Gasteiger partial charge in [-0.25, -0.2) is 4.98 Å². The third-order valence-corrected chi connectivity index (χ3v) is 6.22. The first-order valence-corrected chi connectivity index (χ1v) is 10.4. The van der Waals surface area contributed by atoms with Crippen molar-refractivity contribution in [3.63, 3.8) is 0 Å². The molecule has 1 aromatic carbocycles. The van der Waals surface area contributed by atoms with Crippen molar-refractivity contribution in [3.8, 4) is 0 Å². The van der Waals surface area contributed by atoms with Gasteiger partial charge in [-0.1, -0.05) is 23.3 Å². The third-order valence-electron chi connectivity index (χ3n) is 6.22. The van der Waals surface area contributed by atoms with Crippen LogP contribution in [0.4, 0.5) is 23.2 Å². The molecule has 1 saturated carbocycles. The van der Waals surface area contributed by atoms with Crippen LogP contribution in [-0.2, 0) is 4.79 Å². The predicted octanol–water partition coefficient (Wildman–Crippen LogP) is 3.15. The number of hydrogen-bond donors (Lipinski definition) is 3. The number of benzene rings is 1. The highest BCUT2D eigenvalue weighted by Gasteiger charge is 2.58. The van der Waals surface area contributed by atoms with Crippen LogP contribution in [0, 0.1) is 11.3 Å². The molecule has 1 amide bonds. The summed E-state index contributed by atoms with van der Waals surface area (Å²) in [5, 5.41) is 22.5. The lowest BCUT2D eigenvalue weighted by molar-refractivity contribution is -0.139. The maximum absolute atomic E-state index is 12.4. The molecule has 5 rings (SSSR count). The number of piperidine rings is 1. The van der Waals surface area contributed by atoms with Crippen LogP contribution < -0.4 is 15.5 Å². The molecule has 10 nitrogen and oxygen atoms in total. The van der Waals surface area contributed by atoms with Crippen LogP contribution in [0.2, 0.25) is 0 Å². The fourth-order valence-corrected chi connectivity index (χ4v) is 4.27. The van der Waals surface area contributed by atoms with Gasteiger partial charge in [-0.15, -0.1) is 5.10 Å². The number of nitrogens with zero attached hydrogens (tertiary/aromatic N) is 4. The number of rotatable bonds is 6. The van der Waals surface area contributed by atoms with Crippen molar-refractivity contribution in [2.24, 2.45) is 11.3 Å². The van der Waals surface area contributed by atoms with E-state index in [9.17, 15) is 14.7 Å². The lowest BCUT2D eigenvalue weighted by Gasteiger charge is -2.33. The molecule has 1 aliphatic carbocycles. The number of nitrogens with one attached hydrogen (secondary N) is 2. The first-order chi connectivity index (χ1) is 15.5. The maximum Gasteiger partial charge on any atom is 0.320 e. The number of aromatic nitrogens is 3. The van der Waals surface area contributed by atoms with Crippen LogP contribution in [0.25, 0.3) is 0 Å². The second-order valence-electron chi connectivity index (χ2n) is 8.21. The van der Waals surface area contributed by atoms with E-state index in [-0.39, 0.29) is 23.2 Å². The van der Waals surface area contributed by atoms with Crippen LogP contribution in [0.5, 0.6) is 0 Å². The summed E-state index contributed by atoms with van der Waals surface area (Å²) in [6.07, 6.45) is 4.09. The van der Waals surface area contributed by atoms with Crippen molar-refractivity contribution >= 4 is 35.1 Å². The Balaban J connectivity index is 1.16. The zero-order chi connectivity index (χ0) is 22.1. The van der Waals surface area contributed by atoms with Crippen molar-refractivity contribution in [3.05, 3.63) is 54.6 Å². The van der Waals surface area contributed by atoms with E-state index < -0.39 is 11.9 Å². The molecule has 2 fully saturated rings. The highest BCUT2D eigenvalue weighted by atomic mass is 16.4. The van der Waals surface area contributed by atoms with E-state index in [1.165, 1.54) is 0 Å². The molecular formula is C22H22N6O4. The monoisotopic (exact) mass is 434 g/mol. The predicted molar refractivity (Wildman–Crippen MR) is 116 cm³/mol. The van der Waals surface area contributed by atoms with E-state index in [0.717, 1.165) is 43.9 Å². The zero-order valence-corrected chi connectivity index (χ0v) is 17.2. The van der Waals surface area contributed by atoms with E-state index in [1.807, 2.05) is 36.4 Å². The molecule has 10 heteroatoms.